The van der Waals surface area contributed by atoms with Crippen molar-refractivity contribution < 1.29 is 4.43 Å². The fourth-order valence-electron chi connectivity index (χ4n) is 1.11. The Morgan fingerprint density at radius 2 is 1.76 bits per heavy atom. The summed E-state index contributed by atoms with van der Waals surface area (Å²) < 4.78 is 6.06. The second-order valence-corrected chi connectivity index (χ2v) is 11.0. The molecule has 0 bridgehead atoms. The fourth-order valence-corrected chi connectivity index (χ4v) is 2.06. The van der Waals surface area contributed by atoms with Crippen LogP contribution in [-0.2, 0) is 4.43 Å². The van der Waals surface area contributed by atoms with Crippen LogP contribution in [0.2, 0.25) is 18.1 Å². The van der Waals surface area contributed by atoms with E-state index in [-0.39, 0.29) is 0 Å². The standard InChI is InChI=1S/C15H30OSi/c1-8-14(2)12-10-9-11-13-16-17(6,7)15(3,4)5/h8-9,11H,10,12-13H2,1-7H3/b11-9-,14-8-. The van der Waals surface area contributed by atoms with E-state index < -0.39 is 8.32 Å². The highest BCUT2D eigenvalue weighted by Gasteiger charge is 2.36. The molecule has 0 radical (unpaired) electrons. The van der Waals surface area contributed by atoms with E-state index in [9.17, 15) is 0 Å². The van der Waals surface area contributed by atoms with Gasteiger partial charge in [-0.3, -0.25) is 0 Å². The summed E-state index contributed by atoms with van der Waals surface area (Å²) in [7, 11) is -1.56. The maximum Gasteiger partial charge on any atom is 0.192 e. The minimum absolute atomic E-state index is 0.308. The van der Waals surface area contributed by atoms with Crippen LogP contribution >= 0.6 is 0 Å². The van der Waals surface area contributed by atoms with E-state index in [0.717, 1.165) is 19.4 Å². The first-order valence-corrected chi connectivity index (χ1v) is 9.52. The van der Waals surface area contributed by atoms with E-state index in [0.29, 0.717) is 5.04 Å². The summed E-state index contributed by atoms with van der Waals surface area (Å²) in [6.45, 7) is 16.5. The predicted octanol–water partition coefficient (Wildman–Crippen LogP) is 5.31. The fraction of sp³-hybridized carbons (Fsp3) is 0.733. The molecule has 2 heteroatoms. The van der Waals surface area contributed by atoms with Crippen LogP contribution < -0.4 is 0 Å². The molecule has 17 heavy (non-hydrogen) atoms. The van der Waals surface area contributed by atoms with Crippen molar-refractivity contribution in [1.82, 2.24) is 0 Å². The average molecular weight is 254 g/mol. The Kier molecular flexibility index (Phi) is 7.03. The van der Waals surface area contributed by atoms with Crippen molar-refractivity contribution in [2.24, 2.45) is 0 Å². The van der Waals surface area contributed by atoms with Crippen molar-refractivity contribution in [3.63, 3.8) is 0 Å². The van der Waals surface area contributed by atoms with Crippen molar-refractivity contribution in [2.45, 2.75) is 65.6 Å². The van der Waals surface area contributed by atoms with Crippen LogP contribution in [0.15, 0.2) is 23.8 Å². The Balaban J connectivity index is 3.88. The third-order valence-corrected chi connectivity index (χ3v) is 8.21. The van der Waals surface area contributed by atoms with Gasteiger partial charge in [0.2, 0.25) is 0 Å². The predicted molar refractivity (Wildman–Crippen MR) is 81.0 cm³/mol. The van der Waals surface area contributed by atoms with Crippen LogP contribution in [0, 0.1) is 0 Å². The summed E-state index contributed by atoms with van der Waals surface area (Å²) in [6, 6.07) is 0. The topological polar surface area (TPSA) is 9.23 Å². The summed E-state index contributed by atoms with van der Waals surface area (Å²) in [6.07, 6.45) is 8.87. The maximum atomic E-state index is 6.06. The van der Waals surface area contributed by atoms with Gasteiger partial charge in [0.1, 0.15) is 0 Å². The van der Waals surface area contributed by atoms with Gasteiger partial charge >= 0.3 is 0 Å². The molecule has 0 atom stereocenters. The van der Waals surface area contributed by atoms with E-state index in [4.69, 9.17) is 4.43 Å². The molecular formula is C15H30OSi. The molecule has 0 saturated carbocycles. The molecule has 0 aromatic carbocycles. The molecule has 0 amide bonds. The molecule has 0 aliphatic rings. The first kappa shape index (κ1) is 16.7. The molecule has 0 aromatic rings. The lowest BCUT2D eigenvalue weighted by molar-refractivity contribution is 0.327. The third-order valence-electron chi connectivity index (χ3n) is 3.71. The molecule has 100 valence electrons. The van der Waals surface area contributed by atoms with Crippen molar-refractivity contribution >= 4 is 8.32 Å². The highest BCUT2D eigenvalue weighted by Crippen LogP contribution is 2.36. The average Bonchev–Trinajstić information content (AvgIpc) is 2.21. The van der Waals surface area contributed by atoms with Crippen molar-refractivity contribution in [3.8, 4) is 0 Å². The van der Waals surface area contributed by atoms with Gasteiger partial charge in [-0.05, 0) is 44.8 Å². The first-order valence-electron chi connectivity index (χ1n) is 6.61. The Morgan fingerprint density at radius 1 is 1.18 bits per heavy atom. The second-order valence-electron chi connectivity index (χ2n) is 6.22. The highest BCUT2D eigenvalue weighted by atomic mass is 28.4. The number of allylic oxidation sites excluding steroid dienone is 3. The van der Waals surface area contributed by atoms with Crippen molar-refractivity contribution in [2.75, 3.05) is 6.61 Å². The van der Waals surface area contributed by atoms with Crippen molar-refractivity contribution in [3.05, 3.63) is 23.8 Å². The molecule has 0 unspecified atom stereocenters. The summed E-state index contributed by atoms with van der Waals surface area (Å²) in [4.78, 5) is 0. The molecule has 0 spiro atoms. The van der Waals surface area contributed by atoms with E-state index >= 15 is 0 Å². The summed E-state index contributed by atoms with van der Waals surface area (Å²) in [5, 5.41) is 0.308. The van der Waals surface area contributed by atoms with Gasteiger partial charge in [-0.15, -0.1) is 0 Å². The van der Waals surface area contributed by atoms with Gasteiger partial charge in [0, 0.05) is 0 Å². The van der Waals surface area contributed by atoms with Gasteiger partial charge in [0.05, 0.1) is 6.61 Å². The number of rotatable bonds is 6. The van der Waals surface area contributed by atoms with Crippen LogP contribution in [0.3, 0.4) is 0 Å². The lowest BCUT2D eigenvalue weighted by Gasteiger charge is -2.35. The van der Waals surface area contributed by atoms with E-state index in [1.165, 1.54) is 5.57 Å². The quantitative estimate of drug-likeness (QED) is 0.461. The molecule has 0 N–H and O–H groups in total. The Hall–Kier alpha value is -0.343. The van der Waals surface area contributed by atoms with Crippen molar-refractivity contribution in [1.29, 1.82) is 0 Å². The molecule has 0 heterocycles. The minimum atomic E-state index is -1.56. The van der Waals surface area contributed by atoms with E-state index in [2.05, 4.69) is 65.9 Å². The summed E-state index contributed by atoms with van der Waals surface area (Å²) in [5.74, 6) is 0. The molecule has 0 aliphatic heterocycles. The van der Waals surface area contributed by atoms with Gasteiger partial charge in [-0.2, -0.15) is 0 Å². The van der Waals surface area contributed by atoms with Gasteiger partial charge in [0.15, 0.2) is 8.32 Å². The third kappa shape index (κ3) is 6.84. The van der Waals surface area contributed by atoms with Crippen LogP contribution in [0.4, 0.5) is 0 Å². The lowest BCUT2D eigenvalue weighted by atomic mass is 10.1. The molecule has 0 aromatic heterocycles. The Bertz CT molecular complexity index is 269. The highest BCUT2D eigenvalue weighted by molar-refractivity contribution is 6.74. The zero-order chi connectivity index (χ0) is 13.5. The number of hydrogen-bond donors (Lipinski definition) is 0. The minimum Gasteiger partial charge on any atom is -0.413 e. The smallest absolute Gasteiger partial charge is 0.192 e. The molecular weight excluding hydrogens is 224 g/mol. The van der Waals surface area contributed by atoms with Gasteiger partial charge < -0.3 is 4.43 Å². The lowest BCUT2D eigenvalue weighted by Crippen LogP contribution is -2.40. The Labute approximate surface area is 109 Å². The zero-order valence-corrected chi connectivity index (χ0v) is 13.8. The summed E-state index contributed by atoms with van der Waals surface area (Å²) in [5.41, 5.74) is 1.46. The van der Waals surface area contributed by atoms with Gasteiger partial charge in [-0.1, -0.05) is 44.6 Å². The van der Waals surface area contributed by atoms with Gasteiger partial charge in [-0.25, -0.2) is 0 Å². The molecule has 0 saturated heterocycles. The van der Waals surface area contributed by atoms with Crippen LogP contribution in [0.5, 0.6) is 0 Å². The number of hydrogen-bond acceptors (Lipinski definition) is 1. The molecule has 0 aliphatic carbocycles. The van der Waals surface area contributed by atoms with E-state index in [1.807, 2.05) is 0 Å². The molecule has 0 fully saturated rings. The normalized spacial score (nSPS) is 14.6. The first-order chi connectivity index (χ1) is 7.70. The SMILES string of the molecule is C/C=C(/C)CC/C=C\CO[Si](C)(C)C(C)(C)C. The van der Waals surface area contributed by atoms with E-state index in [1.54, 1.807) is 0 Å². The largest absolute Gasteiger partial charge is 0.413 e. The van der Waals surface area contributed by atoms with Crippen LogP contribution in [0.25, 0.3) is 0 Å². The van der Waals surface area contributed by atoms with Gasteiger partial charge in [0.25, 0.3) is 0 Å². The Morgan fingerprint density at radius 3 is 2.24 bits per heavy atom. The molecule has 1 nitrogen and oxygen atoms in total. The second kappa shape index (κ2) is 7.17. The maximum absolute atomic E-state index is 6.06. The summed E-state index contributed by atoms with van der Waals surface area (Å²) >= 11 is 0. The monoisotopic (exact) mass is 254 g/mol. The van der Waals surface area contributed by atoms with Crippen LogP contribution in [-0.4, -0.2) is 14.9 Å². The molecule has 0 rings (SSSR count). The van der Waals surface area contributed by atoms with Crippen LogP contribution in [0.1, 0.15) is 47.5 Å². The zero-order valence-electron chi connectivity index (χ0n) is 12.8.